The number of carbonyl (C=O) groups excluding carboxylic acids is 1. The molecule has 1 atom stereocenters. The zero-order chi connectivity index (χ0) is 29.6. The third kappa shape index (κ3) is 5.64. The van der Waals surface area contributed by atoms with Crippen LogP contribution in [0.5, 0.6) is 5.75 Å². The molecule has 218 valence electrons. The average Bonchev–Trinajstić information content (AvgIpc) is 2.80. The Morgan fingerprint density at radius 2 is 1.90 bits per heavy atom. The van der Waals surface area contributed by atoms with Crippen LogP contribution in [-0.4, -0.2) is 63.5 Å². The quantitative estimate of drug-likeness (QED) is 0.360. The summed E-state index contributed by atoms with van der Waals surface area (Å²) >= 11 is 6.53. The highest BCUT2D eigenvalue weighted by Crippen LogP contribution is 2.60. The average molecular weight is 583 g/mol. The normalized spacial score (nSPS) is 19.0. The molecule has 1 saturated heterocycles. The number of nitrogens with two attached hydrogens (primary N) is 1. The predicted octanol–water partition coefficient (Wildman–Crippen LogP) is 4.82. The van der Waals surface area contributed by atoms with E-state index < -0.39 is 23.3 Å². The summed E-state index contributed by atoms with van der Waals surface area (Å²) in [7, 11) is 0. The number of anilines is 1. The first-order chi connectivity index (χ1) is 18.6. The van der Waals surface area contributed by atoms with Crippen molar-refractivity contribution in [3.8, 4) is 17.1 Å². The van der Waals surface area contributed by atoms with Crippen LogP contribution < -0.4 is 15.4 Å². The molecule has 4 rings (SSSR count). The number of nitrogens with zero attached hydrogens (tertiary/aromatic N) is 3. The summed E-state index contributed by atoms with van der Waals surface area (Å²) in [6.45, 7) is 7.26. The standard InChI is InChI=1S/C28H34ClF3N4O4/c1-5-6-18(38)10-40-19-7-8-21(29)20(9-19)24-34-23(22(16(3)33)17(4)37)15(2)25(35-24)36-13-26(14-36)11-27(39,12-26)28(30,31)32/h7-9,18,38-39H,5-6,10-14,33H2,1-4H3/t18-/m1/s1. The summed E-state index contributed by atoms with van der Waals surface area (Å²) in [5.41, 5.74) is 4.45. The number of aromatic nitrogens is 2. The van der Waals surface area contributed by atoms with E-state index in [1.807, 2.05) is 11.8 Å². The molecule has 2 aliphatic rings. The molecule has 1 aromatic heterocycles. The van der Waals surface area contributed by atoms with Gasteiger partial charge in [0, 0.05) is 35.3 Å². The molecule has 0 unspecified atom stereocenters. The van der Waals surface area contributed by atoms with Gasteiger partial charge in [0.05, 0.1) is 22.4 Å². The second-order valence-electron chi connectivity index (χ2n) is 11.1. The zero-order valence-electron chi connectivity index (χ0n) is 22.9. The molecule has 1 aliphatic heterocycles. The van der Waals surface area contributed by atoms with Crippen molar-refractivity contribution < 1.29 is 32.9 Å². The number of Topliss-reactive ketones (excluding diaryl/α,β-unsaturated/α-hetero) is 1. The van der Waals surface area contributed by atoms with Gasteiger partial charge in [-0.25, -0.2) is 9.97 Å². The van der Waals surface area contributed by atoms with E-state index in [1.54, 1.807) is 32.0 Å². The fraction of sp³-hybridized carbons (Fsp3) is 0.536. The van der Waals surface area contributed by atoms with Gasteiger partial charge in [-0.3, -0.25) is 4.79 Å². The third-order valence-corrected chi connectivity index (χ3v) is 7.89. The van der Waals surface area contributed by atoms with E-state index in [-0.39, 0.29) is 55.4 Å². The lowest BCUT2D eigenvalue weighted by Crippen LogP contribution is -2.72. The number of ether oxygens (including phenoxy) is 1. The first-order valence-corrected chi connectivity index (χ1v) is 13.5. The van der Waals surface area contributed by atoms with E-state index in [4.69, 9.17) is 27.1 Å². The lowest BCUT2D eigenvalue weighted by molar-refractivity contribution is -0.319. The van der Waals surface area contributed by atoms with Crippen LogP contribution in [0.25, 0.3) is 17.0 Å². The minimum Gasteiger partial charge on any atom is -0.491 e. The summed E-state index contributed by atoms with van der Waals surface area (Å²) in [5, 5.41) is 20.4. The molecular formula is C28H34ClF3N4O4. The monoisotopic (exact) mass is 582 g/mol. The summed E-state index contributed by atoms with van der Waals surface area (Å²) in [5.74, 6) is 0.749. The van der Waals surface area contributed by atoms with Crippen LogP contribution in [0.15, 0.2) is 23.9 Å². The van der Waals surface area contributed by atoms with Crippen LogP contribution in [0.2, 0.25) is 5.02 Å². The number of carbonyl (C=O) groups is 1. The predicted molar refractivity (Wildman–Crippen MR) is 146 cm³/mol. The second kappa shape index (κ2) is 10.8. The Labute approximate surface area is 236 Å². The van der Waals surface area contributed by atoms with Crippen LogP contribution in [0, 0.1) is 12.3 Å². The molecular weight excluding hydrogens is 549 g/mol. The number of hydrogen-bond donors (Lipinski definition) is 3. The molecule has 2 fully saturated rings. The number of ketones is 1. The minimum atomic E-state index is -4.68. The molecule has 12 heteroatoms. The smallest absolute Gasteiger partial charge is 0.417 e. The molecule has 1 aromatic carbocycles. The maximum Gasteiger partial charge on any atom is 0.417 e. The molecule has 0 bridgehead atoms. The van der Waals surface area contributed by atoms with Gasteiger partial charge in [-0.2, -0.15) is 13.2 Å². The molecule has 1 spiro atoms. The van der Waals surface area contributed by atoms with E-state index in [0.717, 1.165) is 6.42 Å². The highest BCUT2D eigenvalue weighted by Gasteiger charge is 2.70. The Morgan fingerprint density at radius 1 is 1.25 bits per heavy atom. The van der Waals surface area contributed by atoms with Crippen molar-refractivity contribution in [1.82, 2.24) is 9.97 Å². The van der Waals surface area contributed by atoms with Gasteiger partial charge >= 0.3 is 6.18 Å². The SMILES string of the molecule is CCC[C@@H](O)COc1ccc(Cl)c(-c2nc(C(C(C)=O)=C(C)N)c(C)c(N3CC4(C3)CC(O)(C(F)(F)F)C4)n2)c1. The third-order valence-electron chi connectivity index (χ3n) is 7.56. The topological polar surface area (TPSA) is 122 Å². The van der Waals surface area contributed by atoms with E-state index in [2.05, 4.69) is 4.98 Å². The number of alkyl halides is 3. The van der Waals surface area contributed by atoms with Gasteiger partial charge in [-0.1, -0.05) is 24.9 Å². The van der Waals surface area contributed by atoms with Crippen LogP contribution >= 0.6 is 11.6 Å². The number of benzene rings is 1. The Bertz CT molecular complexity index is 1330. The fourth-order valence-electron chi connectivity index (χ4n) is 5.71. The van der Waals surface area contributed by atoms with Gasteiger partial charge in [0.25, 0.3) is 0 Å². The maximum atomic E-state index is 13.2. The molecule has 1 aliphatic carbocycles. The number of aliphatic hydroxyl groups excluding tert-OH is 1. The Hall–Kier alpha value is -2.89. The summed E-state index contributed by atoms with van der Waals surface area (Å²) < 4.78 is 45.5. The van der Waals surface area contributed by atoms with E-state index in [9.17, 15) is 28.2 Å². The number of hydrogen-bond acceptors (Lipinski definition) is 8. The van der Waals surface area contributed by atoms with Gasteiger partial charge in [0.1, 0.15) is 18.2 Å². The van der Waals surface area contributed by atoms with Crippen molar-refractivity contribution in [3.63, 3.8) is 0 Å². The Balaban J connectivity index is 1.72. The fourth-order valence-corrected chi connectivity index (χ4v) is 5.91. The summed E-state index contributed by atoms with van der Waals surface area (Å²) in [6, 6.07) is 4.91. The van der Waals surface area contributed by atoms with Crippen molar-refractivity contribution >= 4 is 28.8 Å². The first kappa shape index (κ1) is 30.1. The summed E-state index contributed by atoms with van der Waals surface area (Å²) in [6.07, 6.45) is -4.67. The highest BCUT2D eigenvalue weighted by molar-refractivity contribution is 6.33. The van der Waals surface area contributed by atoms with E-state index in [1.165, 1.54) is 6.92 Å². The van der Waals surface area contributed by atoms with Gasteiger partial charge in [-0.05, 0) is 58.2 Å². The largest absolute Gasteiger partial charge is 0.491 e. The lowest BCUT2D eigenvalue weighted by atomic mass is 9.55. The van der Waals surface area contributed by atoms with E-state index >= 15 is 0 Å². The molecule has 40 heavy (non-hydrogen) atoms. The van der Waals surface area contributed by atoms with Crippen molar-refractivity contribution in [2.24, 2.45) is 11.1 Å². The Morgan fingerprint density at radius 3 is 2.45 bits per heavy atom. The lowest BCUT2D eigenvalue weighted by Gasteiger charge is -2.62. The van der Waals surface area contributed by atoms with Crippen molar-refractivity contribution in [2.45, 2.75) is 71.3 Å². The molecule has 2 aromatic rings. The highest BCUT2D eigenvalue weighted by atomic mass is 35.5. The van der Waals surface area contributed by atoms with Crippen molar-refractivity contribution in [2.75, 3.05) is 24.6 Å². The zero-order valence-corrected chi connectivity index (χ0v) is 23.7. The minimum absolute atomic E-state index is 0.0872. The first-order valence-electron chi connectivity index (χ1n) is 13.1. The second-order valence-corrected chi connectivity index (χ2v) is 11.5. The van der Waals surface area contributed by atoms with Gasteiger partial charge in [-0.15, -0.1) is 0 Å². The molecule has 0 radical (unpaired) electrons. The van der Waals surface area contributed by atoms with Crippen molar-refractivity contribution in [1.29, 1.82) is 0 Å². The van der Waals surface area contributed by atoms with E-state index in [0.29, 0.717) is 39.8 Å². The van der Waals surface area contributed by atoms with Crippen LogP contribution in [0.4, 0.5) is 19.0 Å². The van der Waals surface area contributed by atoms with Crippen molar-refractivity contribution in [3.05, 3.63) is 40.2 Å². The van der Waals surface area contributed by atoms with Gasteiger partial charge in [0.15, 0.2) is 17.2 Å². The molecule has 8 nitrogen and oxygen atoms in total. The number of halogens is 4. The Kier molecular flexibility index (Phi) is 8.14. The number of rotatable bonds is 9. The number of allylic oxidation sites excluding steroid dienone is 2. The van der Waals surface area contributed by atoms with Crippen LogP contribution in [0.1, 0.15) is 57.7 Å². The van der Waals surface area contributed by atoms with Crippen LogP contribution in [0.3, 0.4) is 0 Å². The maximum absolute atomic E-state index is 13.2. The molecule has 1 saturated carbocycles. The molecule has 4 N–H and O–H groups in total. The van der Waals surface area contributed by atoms with Gasteiger partial charge < -0.3 is 25.6 Å². The number of aliphatic hydroxyl groups is 2. The summed E-state index contributed by atoms with van der Waals surface area (Å²) in [4.78, 5) is 23.8. The van der Waals surface area contributed by atoms with Crippen LogP contribution in [-0.2, 0) is 4.79 Å². The molecule has 2 heterocycles. The van der Waals surface area contributed by atoms with Gasteiger partial charge in [0.2, 0.25) is 0 Å². The molecule has 0 amide bonds.